The van der Waals surface area contributed by atoms with Crippen molar-refractivity contribution in [1.82, 2.24) is 5.32 Å². The van der Waals surface area contributed by atoms with Crippen LogP contribution in [0.5, 0.6) is 5.75 Å². The van der Waals surface area contributed by atoms with Crippen LogP contribution in [0, 0.1) is 5.92 Å². The van der Waals surface area contributed by atoms with Crippen LogP contribution in [-0.2, 0) is 23.9 Å². The number of carbonyl (C=O) groups is 3. The topological polar surface area (TPSA) is 90.9 Å². The minimum atomic E-state index is -1.11. The number of Topliss-reactive ketones (excluding diaryl/α,β-unsaturated/α-hetero) is 1. The number of allylic oxidation sites excluding steroid dienone is 3. The van der Waals surface area contributed by atoms with Crippen LogP contribution in [0.2, 0.25) is 10.0 Å². The van der Waals surface area contributed by atoms with E-state index in [0.29, 0.717) is 44.7 Å². The first kappa shape index (κ1) is 27.7. The minimum Gasteiger partial charge on any atom is -0.497 e. The molecule has 0 fully saturated rings. The van der Waals surface area contributed by atoms with Crippen molar-refractivity contribution in [2.75, 3.05) is 20.3 Å². The van der Waals surface area contributed by atoms with Crippen LogP contribution in [0.15, 0.2) is 65.0 Å². The van der Waals surface area contributed by atoms with Crippen molar-refractivity contribution in [1.29, 1.82) is 0 Å². The Balaban J connectivity index is 1.91. The van der Waals surface area contributed by atoms with Gasteiger partial charge in [0.2, 0.25) is 0 Å². The van der Waals surface area contributed by atoms with Gasteiger partial charge in [0.25, 0.3) is 0 Å². The van der Waals surface area contributed by atoms with Gasteiger partial charge in [-0.05, 0) is 62.6 Å². The predicted molar refractivity (Wildman–Crippen MR) is 144 cm³/mol. The van der Waals surface area contributed by atoms with E-state index in [9.17, 15) is 14.4 Å². The third-order valence-electron chi connectivity index (χ3n) is 6.87. The highest BCUT2D eigenvalue weighted by atomic mass is 35.5. The van der Waals surface area contributed by atoms with Crippen LogP contribution in [0.1, 0.15) is 50.2 Å². The highest BCUT2D eigenvalue weighted by Crippen LogP contribution is 2.49. The van der Waals surface area contributed by atoms with Crippen LogP contribution in [-0.4, -0.2) is 38.0 Å². The van der Waals surface area contributed by atoms with Gasteiger partial charge in [-0.15, -0.1) is 0 Å². The Morgan fingerprint density at radius 1 is 1.03 bits per heavy atom. The zero-order valence-corrected chi connectivity index (χ0v) is 23.1. The third-order valence-corrected chi connectivity index (χ3v) is 7.43. The number of hydrogen-bond donors (Lipinski definition) is 1. The van der Waals surface area contributed by atoms with Gasteiger partial charge in [-0.3, -0.25) is 9.59 Å². The summed E-state index contributed by atoms with van der Waals surface area (Å²) in [7, 11) is 1.57. The monoisotopic (exact) mass is 557 g/mol. The molecular weight excluding hydrogens is 529 g/mol. The molecule has 3 atom stereocenters. The van der Waals surface area contributed by atoms with Crippen LogP contribution >= 0.6 is 23.2 Å². The van der Waals surface area contributed by atoms with Crippen molar-refractivity contribution in [3.05, 3.63) is 86.2 Å². The molecule has 1 heterocycles. The van der Waals surface area contributed by atoms with Crippen molar-refractivity contribution in [2.24, 2.45) is 5.92 Å². The molecule has 1 N–H and O–H groups in total. The summed E-state index contributed by atoms with van der Waals surface area (Å²) < 4.78 is 16.0. The van der Waals surface area contributed by atoms with Crippen molar-refractivity contribution in [3.63, 3.8) is 0 Å². The van der Waals surface area contributed by atoms with Gasteiger partial charge in [-0.1, -0.05) is 41.4 Å². The lowest BCUT2D eigenvalue weighted by Gasteiger charge is -2.39. The Morgan fingerprint density at radius 2 is 1.71 bits per heavy atom. The Morgan fingerprint density at radius 3 is 2.32 bits per heavy atom. The summed E-state index contributed by atoms with van der Waals surface area (Å²) in [6.45, 7) is 5.45. The quantitative estimate of drug-likeness (QED) is 0.344. The number of dihydropyridines is 1. The maximum absolute atomic E-state index is 14.3. The molecule has 0 aromatic heterocycles. The molecule has 4 rings (SSSR count). The van der Waals surface area contributed by atoms with Gasteiger partial charge in [0.1, 0.15) is 11.7 Å². The fourth-order valence-electron chi connectivity index (χ4n) is 5.23. The molecule has 1 aliphatic heterocycles. The molecule has 200 valence electrons. The number of hydrogen-bond acceptors (Lipinski definition) is 7. The van der Waals surface area contributed by atoms with Crippen LogP contribution in [0.25, 0.3) is 0 Å². The van der Waals surface area contributed by atoms with E-state index in [1.807, 2.05) is 12.1 Å². The number of benzene rings is 2. The largest absolute Gasteiger partial charge is 0.497 e. The molecule has 1 aliphatic carbocycles. The molecule has 7 nitrogen and oxygen atoms in total. The van der Waals surface area contributed by atoms with E-state index in [1.54, 1.807) is 58.2 Å². The van der Waals surface area contributed by atoms with Gasteiger partial charge in [0.05, 0.1) is 25.9 Å². The van der Waals surface area contributed by atoms with Crippen molar-refractivity contribution < 1.29 is 28.6 Å². The lowest BCUT2D eigenvalue weighted by atomic mass is 9.67. The molecule has 0 amide bonds. The van der Waals surface area contributed by atoms with Gasteiger partial charge in [-0.2, -0.15) is 0 Å². The van der Waals surface area contributed by atoms with Gasteiger partial charge < -0.3 is 19.5 Å². The standard InChI is InChI=1S/C29H29Cl2NO6/c1-5-37-28(34)23-15(3)32-22-14-20(16-7-10-18(36-4)11-8-16)25(29(35)38-6-2)27(33)26(22)24(23)19-12-9-17(30)13-21(19)31/h7-13,20,24-25,32H,5-6,14H2,1-4H3/t20-,24+,25-/m0/s1. The molecule has 0 saturated carbocycles. The molecule has 2 aromatic rings. The number of esters is 2. The zero-order valence-electron chi connectivity index (χ0n) is 21.6. The van der Waals surface area contributed by atoms with E-state index in [1.165, 1.54) is 0 Å². The SMILES string of the molecule is CCOC(=O)C1=C(C)NC2=C(C(=O)[C@@H](C(=O)OCC)[C@H](c3ccc(OC)cc3)C2)[C@@H]1c1ccc(Cl)cc1Cl. The van der Waals surface area contributed by atoms with E-state index in [-0.39, 0.29) is 18.8 Å². The second kappa shape index (κ2) is 11.6. The average Bonchev–Trinajstić information content (AvgIpc) is 2.88. The smallest absolute Gasteiger partial charge is 0.336 e. The van der Waals surface area contributed by atoms with E-state index in [4.69, 9.17) is 37.4 Å². The molecule has 0 radical (unpaired) electrons. The Kier molecular flexibility index (Phi) is 8.48. The number of rotatable bonds is 7. The highest BCUT2D eigenvalue weighted by molar-refractivity contribution is 6.35. The summed E-state index contributed by atoms with van der Waals surface area (Å²) in [5, 5.41) is 3.99. The first-order valence-corrected chi connectivity index (χ1v) is 13.1. The Labute approximate surface area is 231 Å². The lowest BCUT2D eigenvalue weighted by Crippen LogP contribution is -2.43. The summed E-state index contributed by atoms with van der Waals surface area (Å²) >= 11 is 12.8. The molecule has 2 aliphatic rings. The van der Waals surface area contributed by atoms with Crippen LogP contribution < -0.4 is 10.1 Å². The predicted octanol–water partition coefficient (Wildman–Crippen LogP) is 5.72. The van der Waals surface area contributed by atoms with Gasteiger partial charge in [0, 0.05) is 38.8 Å². The van der Waals surface area contributed by atoms with E-state index in [0.717, 1.165) is 5.56 Å². The summed E-state index contributed by atoms with van der Waals surface area (Å²) in [4.78, 5) is 40.8. The summed E-state index contributed by atoms with van der Waals surface area (Å²) in [5.41, 5.74) is 3.04. The number of ketones is 1. The molecular formula is C29H29Cl2NO6. The van der Waals surface area contributed by atoms with E-state index < -0.39 is 35.5 Å². The highest BCUT2D eigenvalue weighted by Gasteiger charge is 2.49. The van der Waals surface area contributed by atoms with E-state index >= 15 is 0 Å². The summed E-state index contributed by atoms with van der Waals surface area (Å²) in [6.07, 6.45) is 0.339. The van der Waals surface area contributed by atoms with Crippen LogP contribution in [0.4, 0.5) is 0 Å². The number of methoxy groups -OCH3 is 1. The normalized spacial score (nSPS) is 21.0. The first-order chi connectivity index (χ1) is 18.2. The second-order valence-corrected chi connectivity index (χ2v) is 9.90. The van der Waals surface area contributed by atoms with Gasteiger partial charge in [-0.25, -0.2) is 4.79 Å². The van der Waals surface area contributed by atoms with Crippen LogP contribution in [0.3, 0.4) is 0 Å². The summed E-state index contributed by atoms with van der Waals surface area (Å²) in [5.74, 6) is -3.40. The Bertz CT molecular complexity index is 1330. The fourth-order valence-corrected chi connectivity index (χ4v) is 5.74. The zero-order chi connectivity index (χ0) is 27.6. The third kappa shape index (κ3) is 5.18. The van der Waals surface area contributed by atoms with Crippen molar-refractivity contribution >= 4 is 40.9 Å². The molecule has 0 saturated heterocycles. The van der Waals surface area contributed by atoms with Gasteiger partial charge in [0.15, 0.2) is 5.78 Å². The Hall–Kier alpha value is -3.29. The number of ether oxygens (including phenoxy) is 3. The summed E-state index contributed by atoms with van der Waals surface area (Å²) in [6, 6.07) is 12.2. The molecule has 38 heavy (non-hydrogen) atoms. The van der Waals surface area contributed by atoms with Crippen molar-refractivity contribution in [2.45, 2.75) is 39.0 Å². The second-order valence-electron chi connectivity index (χ2n) is 9.05. The molecule has 0 unspecified atom stereocenters. The maximum Gasteiger partial charge on any atom is 0.336 e. The van der Waals surface area contributed by atoms with E-state index in [2.05, 4.69) is 5.32 Å². The molecule has 0 spiro atoms. The average molecular weight is 558 g/mol. The number of halogens is 2. The number of nitrogens with one attached hydrogen (secondary N) is 1. The number of carbonyl (C=O) groups excluding carboxylic acids is 3. The van der Waals surface area contributed by atoms with Gasteiger partial charge >= 0.3 is 11.9 Å². The minimum absolute atomic E-state index is 0.127. The maximum atomic E-state index is 14.3. The molecule has 2 aromatic carbocycles. The molecule has 9 heteroatoms. The fraction of sp³-hybridized carbons (Fsp3) is 0.345. The lowest BCUT2D eigenvalue weighted by molar-refractivity contribution is -0.152. The first-order valence-electron chi connectivity index (χ1n) is 12.4. The van der Waals surface area contributed by atoms with Crippen molar-refractivity contribution in [3.8, 4) is 5.75 Å². The molecule has 0 bridgehead atoms.